The summed E-state index contributed by atoms with van der Waals surface area (Å²) in [7, 11) is 0. The van der Waals surface area contributed by atoms with Crippen LogP contribution in [0.4, 0.5) is 5.82 Å². The van der Waals surface area contributed by atoms with Gasteiger partial charge in [0.2, 0.25) is 5.89 Å². The molecule has 3 rings (SSSR count). The van der Waals surface area contributed by atoms with E-state index in [1.807, 2.05) is 26.0 Å². The maximum absolute atomic E-state index is 5.23. The molecule has 0 aliphatic carbocycles. The Morgan fingerprint density at radius 3 is 3.09 bits per heavy atom. The van der Waals surface area contributed by atoms with E-state index < -0.39 is 0 Å². The Bertz CT molecular complexity index is 585. The molecule has 118 valence electrons. The van der Waals surface area contributed by atoms with Gasteiger partial charge in [-0.05, 0) is 25.0 Å². The minimum Gasteiger partial charge on any atom is -0.354 e. The van der Waals surface area contributed by atoms with Gasteiger partial charge in [0.25, 0.3) is 0 Å². The molecule has 0 amide bonds. The lowest BCUT2D eigenvalue weighted by atomic mass is 10.1. The fourth-order valence-corrected chi connectivity index (χ4v) is 2.62. The molecule has 2 aromatic rings. The van der Waals surface area contributed by atoms with Crippen LogP contribution in [0.3, 0.4) is 0 Å². The zero-order valence-electron chi connectivity index (χ0n) is 13.1. The summed E-state index contributed by atoms with van der Waals surface area (Å²) >= 11 is 0. The molecule has 0 saturated carbocycles. The zero-order chi connectivity index (χ0) is 15.4. The molecule has 1 atom stereocenters. The van der Waals surface area contributed by atoms with Gasteiger partial charge >= 0.3 is 0 Å². The molecule has 1 unspecified atom stereocenters. The third-order valence-corrected chi connectivity index (χ3v) is 3.83. The van der Waals surface area contributed by atoms with Crippen LogP contribution in [0.5, 0.6) is 0 Å². The van der Waals surface area contributed by atoms with Crippen LogP contribution in [0, 0.1) is 0 Å². The molecule has 0 bridgehead atoms. The minimum atomic E-state index is 0.267. The highest BCUT2D eigenvalue weighted by molar-refractivity contribution is 5.37. The summed E-state index contributed by atoms with van der Waals surface area (Å²) in [5.41, 5.74) is 0. The van der Waals surface area contributed by atoms with Gasteiger partial charge in [-0.15, -0.1) is 5.10 Å². The molecule has 1 aliphatic heterocycles. The molecule has 1 N–H and O–H groups in total. The number of piperidine rings is 1. The molecule has 22 heavy (non-hydrogen) atoms. The van der Waals surface area contributed by atoms with Crippen LogP contribution in [0.2, 0.25) is 0 Å². The Hall–Kier alpha value is -2.02. The summed E-state index contributed by atoms with van der Waals surface area (Å²) < 4.78 is 5.23. The second-order valence-corrected chi connectivity index (χ2v) is 5.95. The molecule has 0 spiro atoms. The number of rotatable bonds is 5. The van der Waals surface area contributed by atoms with E-state index in [4.69, 9.17) is 4.52 Å². The van der Waals surface area contributed by atoms with Crippen LogP contribution in [-0.4, -0.2) is 39.5 Å². The normalized spacial score (nSPS) is 18.9. The lowest BCUT2D eigenvalue weighted by Gasteiger charge is -2.33. The molecular formula is C15H22N6O. The summed E-state index contributed by atoms with van der Waals surface area (Å²) in [6, 6.07) is 4.33. The monoisotopic (exact) mass is 302 g/mol. The van der Waals surface area contributed by atoms with E-state index in [9.17, 15) is 0 Å². The van der Waals surface area contributed by atoms with E-state index in [1.54, 1.807) is 6.20 Å². The molecule has 1 aliphatic rings. The van der Waals surface area contributed by atoms with E-state index in [-0.39, 0.29) is 5.92 Å². The van der Waals surface area contributed by atoms with Crippen molar-refractivity contribution in [2.75, 3.05) is 18.0 Å². The van der Waals surface area contributed by atoms with Crippen molar-refractivity contribution in [3.8, 4) is 0 Å². The van der Waals surface area contributed by atoms with Crippen molar-refractivity contribution in [2.24, 2.45) is 0 Å². The van der Waals surface area contributed by atoms with Crippen molar-refractivity contribution in [3.05, 3.63) is 30.0 Å². The van der Waals surface area contributed by atoms with E-state index in [0.717, 1.165) is 37.6 Å². The highest BCUT2D eigenvalue weighted by Crippen LogP contribution is 2.17. The number of hydrogen-bond acceptors (Lipinski definition) is 7. The van der Waals surface area contributed by atoms with Gasteiger partial charge in [0.15, 0.2) is 11.6 Å². The van der Waals surface area contributed by atoms with Crippen molar-refractivity contribution < 1.29 is 4.52 Å². The predicted molar refractivity (Wildman–Crippen MR) is 82.5 cm³/mol. The van der Waals surface area contributed by atoms with Crippen molar-refractivity contribution in [1.82, 2.24) is 25.7 Å². The van der Waals surface area contributed by atoms with E-state index in [1.165, 1.54) is 0 Å². The summed E-state index contributed by atoms with van der Waals surface area (Å²) in [6.07, 6.45) is 3.98. The zero-order valence-corrected chi connectivity index (χ0v) is 13.1. The van der Waals surface area contributed by atoms with Crippen molar-refractivity contribution in [2.45, 2.75) is 45.2 Å². The Kier molecular flexibility index (Phi) is 4.62. The van der Waals surface area contributed by atoms with E-state index in [2.05, 4.69) is 30.6 Å². The van der Waals surface area contributed by atoms with Crippen molar-refractivity contribution in [3.63, 3.8) is 0 Å². The van der Waals surface area contributed by atoms with Crippen LogP contribution >= 0.6 is 0 Å². The molecule has 1 saturated heterocycles. The highest BCUT2D eigenvalue weighted by Gasteiger charge is 2.21. The Morgan fingerprint density at radius 1 is 1.45 bits per heavy atom. The molecule has 0 aromatic carbocycles. The van der Waals surface area contributed by atoms with Gasteiger partial charge in [0.05, 0.1) is 6.54 Å². The smallest absolute Gasteiger partial charge is 0.229 e. The highest BCUT2D eigenvalue weighted by atomic mass is 16.5. The van der Waals surface area contributed by atoms with E-state index in [0.29, 0.717) is 18.5 Å². The Balaban J connectivity index is 1.54. The number of aromatic nitrogens is 4. The summed E-state index contributed by atoms with van der Waals surface area (Å²) in [5.74, 6) is 2.63. The standard InChI is InChI=1S/C15H22N6O/c1-11(2)15-18-13(20-22-15)9-16-12-5-4-8-21(10-12)14-6-3-7-17-19-14/h3,6-7,11-12,16H,4-5,8-10H2,1-2H3. The van der Waals surface area contributed by atoms with Crippen molar-refractivity contribution in [1.29, 1.82) is 0 Å². The van der Waals surface area contributed by atoms with Gasteiger partial charge in [-0.25, -0.2) is 0 Å². The fraction of sp³-hybridized carbons (Fsp3) is 0.600. The molecule has 3 heterocycles. The first-order chi connectivity index (χ1) is 10.7. The van der Waals surface area contributed by atoms with Gasteiger partial charge in [0, 0.05) is 31.2 Å². The molecular weight excluding hydrogens is 280 g/mol. The lowest BCUT2D eigenvalue weighted by Crippen LogP contribution is -2.46. The van der Waals surface area contributed by atoms with Crippen LogP contribution in [0.1, 0.15) is 44.3 Å². The number of nitrogens with one attached hydrogen (secondary N) is 1. The lowest BCUT2D eigenvalue weighted by molar-refractivity contribution is 0.355. The minimum absolute atomic E-state index is 0.267. The number of anilines is 1. The van der Waals surface area contributed by atoms with Gasteiger partial charge in [-0.1, -0.05) is 19.0 Å². The average molecular weight is 302 g/mol. The Labute approximate surface area is 130 Å². The Morgan fingerprint density at radius 2 is 2.36 bits per heavy atom. The number of hydrogen-bond donors (Lipinski definition) is 1. The van der Waals surface area contributed by atoms with Crippen LogP contribution < -0.4 is 10.2 Å². The first kappa shape index (κ1) is 14.9. The van der Waals surface area contributed by atoms with Gasteiger partial charge in [0.1, 0.15) is 0 Å². The topological polar surface area (TPSA) is 80.0 Å². The largest absolute Gasteiger partial charge is 0.354 e. The fourth-order valence-electron chi connectivity index (χ4n) is 2.62. The predicted octanol–water partition coefficient (Wildman–Crippen LogP) is 1.74. The summed E-state index contributed by atoms with van der Waals surface area (Å²) in [6.45, 7) is 6.68. The van der Waals surface area contributed by atoms with Crippen LogP contribution in [0.25, 0.3) is 0 Å². The second kappa shape index (κ2) is 6.83. The third-order valence-electron chi connectivity index (χ3n) is 3.83. The first-order valence-electron chi connectivity index (χ1n) is 7.81. The quantitative estimate of drug-likeness (QED) is 0.901. The van der Waals surface area contributed by atoms with Crippen molar-refractivity contribution >= 4 is 5.82 Å². The molecule has 7 nitrogen and oxygen atoms in total. The summed E-state index contributed by atoms with van der Waals surface area (Å²) in [4.78, 5) is 6.66. The average Bonchev–Trinajstić information content (AvgIpc) is 3.03. The van der Waals surface area contributed by atoms with E-state index >= 15 is 0 Å². The molecule has 1 fully saturated rings. The summed E-state index contributed by atoms with van der Waals surface area (Å²) in [5, 5.41) is 15.7. The van der Waals surface area contributed by atoms with Gasteiger partial charge < -0.3 is 14.7 Å². The van der Waals surface area contributed by atoms with Gasteiger partial charge in [-0.3, -0.25) is 0 Å². The third kappa shape index (κ3) is 3.59. The SMILES string of the molecule is CC(C)c1nc(CNC2CCCN(c3cccnn3)C2)no1. The molecule has 7 heteroatoms. The molecule has 2 aromatic heterocycles. The van der Waals surface area contributed by atoms with Gasteiger partial charge in [-0.2, -0.15) is 10.1 Å². The second-order valence-electron chi connectivity index (χ2n) is 5.95. The van der Waals surface area contributed by atoms with Crippen LogP contribution in [-0.2, 0) is 6.54 Å². The maximum atomic E-state index is 5.23. The number of nitrogens with zero attached hydrogens (tertiary/aromatic N) is 5. The van der Waals surface area contributed by atoms with Crippen LogP contribution in [0.15, 0.2) is 22.9 Å². The first-order valence-corrected chi connectivity index (χ1v) is 7.81. The maximum Gasteiger partial charge on any atom is 0.229 e. The molecule has 0 radical (unpaired) electrons.